The van der Waals surface area contributed by atoms with Crippen LogP contribution in [-0.4, -0.2) is 42.6 Å². The third kappa shape index (κ3) is 3.96. The van der Waals surface area contributed by atoms with E-state index >= 15 is 0 Å². The molecule has 1 unspecified atom stereocenters. The number of likely N-dealkylation sites (tertiary alicyclic amines) is 1. The summed E-state index contributed by atoms with van der Waals surface area (Å²) in [7, 11) is 0. The molecule has 1 saturated heterocycles. The summed E-state index contributed by atoms with van der Waals surface area (Å²) in [5.41, 5.74) is 2.54. The van der Waals surface area contributed by atoms with Crippen molar-refractivity contribution in [2.45, 2.75) is 70.1 Å². The number of hydrogen-bond acceptors (Lipinski definition) is 3. The van der Waals surface area contributed by atoms with Crippen LogP contribution < -0.4 is 5.32 Å². The summed E-state index contributed by atoms with van der Waals surface area (Å²) in [6, 6.07) is 8.90. The van der Waals surface area contributed by atoms with Gasteiger partial charge in [-0.15, -0.1) is 0 Å². The maximum Gasteiger partial charge on any atom is 0.222 e. The van der Waals surface area contributed by atoms with E-state index in [-0.39, 0.29) is 23.7 Å². The van der Waals surface area contributed by atoms with Gasteiger partial charge in [0.2, 0.25) is 5.91 Å². The number of fused-ring (bicyclic) bond motifs is 2. The van der Waals surface area contributed by atoms with Crippen molar-refractivity contribution in [1.29, 1.82) is 0 Å². The molecule has 0 radical (unpaired) electrons. The van der Waals surface area contributed by atoms with Gasteiger partial charge in [0, 0.05) is 25.7 Å². The molecule has 0 bridgehead atoms. The first kappa shape index (κ1) is 18.0. The molecular formula is C22H32N2O2. The van der Waals surface area contributed by atoms with Crippen molar-refractivity contribution >= 4 is 5.91 Å². The van der Waals surface area contributed by atoms with Crippen LogP contribution in [0.25, 0.3) is 0 Å². The number of benzene rings is 1. The highest BCUT2D eigenvalue weighted by Crippen LogP contribution is 2.44. The van der Waals surface area contributed by atoms with Gasteiger partial charge < -0.3 is 15.0 Å². The number of nitrogens with one attached hydrogen (secondary N) is 1. The van der Waals surface area contributed by atoms with Crippen LogP contribution in [0.1, 0.15) is 57.1 Å². The van der Waals surface area contributed by atoms with E-state index in [0.717, 1.165) is 38.3 Å². The van der Waals surface area contributed by atoms with Crippen molar-refractivity contribution in [3.8, 4) is 0 Å². The van der Waals surface area contributed by atoms with Crippen LogP contribution in [-0.2, 0) is 21.6 Å². The van der Waals surface area contributed by atoms with E-state index < -0.39 is 0 Å². The van der Waals surface area contributed by atoms with Crippen molar-refractivity contribution in [1.82, 2.24) is 10.2 Å². The molecule has 1 aromatic carbocycles. The largest absolute Gasteiger partial charge is 0.366 e. The summed E-state index contributed by atoms with van der Waals surface area (Å²) >= 11 is 0. The predicted octanol–water partition coefficient (Wildman–Crippen LogP) is 3.24. The van der Waals surface area contributed by atoms with Crippen molar-refractivity contribution in [3.05, 3.63) is 35.4 Å². The molecule has 4 nitrogen and oxygen atoms in total. The van der Waals surface area contributed by atoms with E-state index in [1.54, 1.807) is 0 Å². The fourth-order valence-corrected chi connectivity index (χ4v) is 4.66. The fraction of sp³-hybridized carbons (Fsp3) is 0.682. The molecular weight excluding hydrogens is 324 g/mol. The highest BCUT2D eigenvalue weighted by Gasteiger charge is 2.44. The lowest BCUT2D eigenvalue weighted by molar-refractivity contribution is -0.150. The molecule has 1 amide bonds. The number of carbonyl (C=O) groups excluding carboxylic acids is 1. The summed E-state index contributed by atoms with van der Waals surface area (Å²) in [6.07, 6.45) is 6.19. The summed E-state index contributed by atoms with van der Waals surface area (Å²) in [5, 5.41) is 3.01. The van der Waals surface area contributed by atoms with Crippen molar-refractivity contribution in [3.63, 3.8) is 0 Å². The lowest BCUT2D eigenvalue weighted by atomic mass is 9.78. The number of ether oxygens (including phenoxy) is 1. The lowest BCUT2D eigenvalue weighted by Gasteiger charge is -2.47. The van der Waals surface area contributed by atoms with Gasteiger partial charge in [-0.05, 0) is 63.0 Å². The van der Waals surface area contributed by atoms with Crippen molar-refractivity contribution in [2.24, 2.45) is 5.92 Å². The van der Waals surface area contributed by atoms with Crippen LogP contribution in [0, 0.1) is 5.92 Å². The second-order valence-corrected chi connectivity index (χ2v) is 8.77. The third-order valence-electron chi connectivity index (χ3n) is 6.09. The predicted molar refractivity (Wildman–Crippen MR) is 103 cm³/mol. The monoisotopic (exact) mass is 356 g/mol. The Bertz CT molecular complexity index is 645. The molecule has 1 saturated carbocycles. The zero-order valence-electron chi connectivity index (χ0n) is 16.2. The first-order valence-corrected chi connectivity index (χ1v) is 10.3. The van der Waals surface area contributed by atoms with E-state index in [4.69, 9.17) is 4.74 Å². The Balaban J connectivity index is 1.48. The molecule has 1 atom stereocenters. The molecule has 2 aliphatic heterocycles. The Morgan fingerprint density at radius 2 is 2.00 bits per heavy atom. The summed E-state index contributed by atoms with van der Waals surface area (Å²) in [4.78, 5) is 14.9. The van der Waals surface area contributed by atoms with E-state index in [1.807, 2.05) is 13.8 Å². The van der Waals surface area contributed by atoms with Crippen LogP contribution in [0.3, 0.4) is 0 Å². The van der Waals surface area contributed by atoms with E-state index in [2.05, 4.69) is 34.5 Å². The SMILES string of the molecule is CC(C)NC(=O)CC1Cc2ccccc2C2(CCN(CC3CC3)CC2)O1. The number of rotatable bonds is 5. The summed E-state index contributed by atoms with van der Waals surface area (Å²) in [6.45, 7) is 7.49. The number of carbonyl (C=O) groups is 1. The molecule has 4 heteroatoms. The van der Waals surface area contributed by atoms with Crippen LogP contribution in [0.4, 0.5) is 0 Å². The van der Waals surface area contributed by atoms with Gasteiger partial charge in [0.15, 0.2) is 0 Å². The maximum atomic E-state index is 12.3. The minimum Gasteiger partial charge on any atom is -0.366 e. The zero-order valence-corrected chi connectivity index (χ0v) is 16.2. The smallest absolute Gasteiger partial charge is 0.222 e. The Kier molecular flexibility index (Phi) is 5.07. The molecule has 142 valence electrons. The minimum absolute atomic E-state index is 0.0152. The first-order valence-electron chi connectivity index (χ1n) is 10.3. The Morgan fingerprint density at radius 1 is 1.27 bits per heavy atom. The van der Waals surface area contributed by atoms with Gasteiger partial charge in [-0.3, -0.25) is 4.79 Å². The van der Waals surface area contributed by atoms with E-state index in [9.17, 15) is 4.79 Å². The van der Waals surface area contributed by atoms with E-state index in [0.29, 0.717) is 6.42 Å². The average molecular weight is 357 g/mol. The number of nitrogens with zero attached hydrogens (tertiary/aromatic N) is 1. The van der Waals surface area contributed by atoms with Crippen LogP contribution in [0.5, 0.6) is 0 Å². The summed E-state index contributed by atoms with van der Waals surface area (Å²) < 4.78 is 6.68. The van der Waals surface area contributed by atoms with Gasteiger partial charge in [-0.25, -0.2) is 0 Å². The number of amides is 1. The van der Waals surface area contributed by atoms with Gasteiger partial charge in [0.05, 0.1) is 18.1 Å². The molecule has 4 rings (SSSR count). The average Bonchev–Trinajstić information content (AvgIpc) is 3.40. The summed E-state index contributed by atoms with van der Waals surface area (Å²) in [5.74, 6) is 1.04. The molecule has 26 heavy (non-hydrogen) atoms. The number of hydrogen-bond donors (Lipinski definition) is 1. The lowest BCUT2D eigenvalue weighted by Crippen LogP contribution is -2.50. The standard InChI is InChI=1S/C22H32N2O2/c1-16(2)23-21(25)14-19-13-18-5-3-4-6-20(18)22(26-19)9-11-24(12-10-22)15-17-7-8-17/h3-6,16-17,19H,7-15H2,1-2H3,(H,23,25). The second-order valence-electron chi connectivity index (χ2n) is 8.77. The van der Waals surface area contributed by atoms with E-state index in [1.165, 1.54) is 30.5 Å². The van der Waals surface area contributed by atoms with Gasteiger partial charge in [0.1, 0.15) is 0 Å². The molecule has 1 aliphatic carbocycles. The minimum atomic E-state index is -0.197. The molecule has 2 heterocycles. The van der Waals surface area contributed by atoms with Crippen LogP contribution >= 0.6 is 0 Å². The topological polar surface area (TPSA) is 41.6 Å². The van der Waals surface area contributed by atoms with Crippen LogP contribution in [0.2, 0.25) is 0 Å². The first-order chi connectivity index (χ1) is 12.5. The normalized spacial score (nSPS) is 25.3. The Morgan fingerprint density at radius 3 is 2.69 bits per heavy atom. The van der Waals surface area contributed by atoms with Gasteiger partial charge in [-0.2, -0.15) is 0 Å². The van der Waals surface area contributed by atoms with Gasteiger partial charge in [0.25, 0.3) is 0 Å². The van der Waals surface area contributed by atoms with Gasteiger partial charge >= 0.3 is 0 Å². The second kappa shape index (κ2) is 7.32. The molecule has 1 spiro atoms. The zero-order chi connectivity index (χ0) is 18.1. The fourth-order valence-electron chi connectivity index (χ4n) is 4.66. The maximum absolute atomic E-state index is 12.3. The highest BCUT2D eigenvalue weighted by atomic mass is 16.5. The quantitative estimate of drug-likeness (QED) is 0.881. The molecule has 2 fully saturated rings. The number of piperidine rings is 1. The highest BCUT2D eigenvalue weighted by molar-refractivity contribution is 5.76. The van der Waals surface area contributed by atoms with Crippen molar-refractivity contribution < 1.29 is 9.53 Å². The third-order valence-corrected chi connectivity index (χ3v) is 6.09. The molecule has 0 aromatic heterocycles. The molecule has 1 aromatic rings. The molecule has 1 N–H and O–H groups in total. The Labute approximate surface area is 157 Å². The van der Waals surface area contributed by atoms with Gasteiger partial charge in [-0.1, -0.05) is 24.3 Å². The molecule has 3 aliphatic rings. The Hall–Kier alpha value is -1.39. The van der Waals surface area contributed by atoms with Crippen LogP contribution in [0.15, 0.2) is 24.3 Å². The van der Waals surface area contributed by atoms with Crippen molar-refractivity contribution in [2.75, 3.05) is 19.6 Å².